The van der Waals surface area contributed by atoms with Crippen LogP contribution in [0.1, 0.15) is 23.2 Å². The van der Waals surface area contributed by atoms with Crippen molar-refractivity contribution in [2.24, 2.45) is 7.05 Å². The molecule has 3 aromatic rings. The molecule has 0 unspecified atom stereocenters. The Morgan fingerprint density at radius 1 is 1.16 bits per heavy atom. The van der Waals surface area contributed by atoms with E-state index in [0.29, 0.717) is 51.9 Å². The molecule has 13 heteroatoms. The first-order chi connectivity index (χ1) is 20.7. The van der Waals surface area contributed by atoms with Gasteiger partial charge in [-0.1, -0.05) is 12.6 Å². The number of morpholine rings is 1. The summed E-state index contributed by atoms with van der Waals surface area (Å²) < 4.78 is 13.8. The molecule has 0 N–H and O–H groups in total. The molecule has 0 saturated carbocycles. The normalized spacial score (nSPS) is 25.2. The van der Waals surface area contributed by atoms with Gasteiger partial charge in [0.05, 0.1) is 73.7 Å². The Kier molecular flexibility index (Phi) is 7.10. The Labute approximate surface area is 258 Å². The Balaban J connectivity index is 1.12. The molecule has 7 rings (SSSR count). The summed E-state index contributed by atoms with van der Waals surface area (Å²) in [6.07, 6.45) is 5.02. The molecule has 6 heterocycles. The SMILES string of the molecule is C=CC(=O)N1CCN(c2nc(OCCCN3C[C@@]4([Si])OC[C@@]34[Si])nc3c2CCN(c2c(C)ccc4c2cnn4C)C3)CC1. The highest BCUT2D eigenvalue weighted by atomic mass is 28.2. The summed E-state index contributed by atoms with van der Waals surface area (Å²) in [6, 6.07) is 4.72. The summed E-state index contributed by atoms with van der Waals surface area (Å²) in [4.78, 5) is 31.1. The van der Waals surface area contributed by atoms with E-state index >= 15 is 0 Å². The van der Waals surface area contributed by atoms with Crippen LogP contribution in [0.3, 0.4) is 0 Å². The lowest BCUT2D eigenvalue weighted by Crippen LogP contribution is -2.89. The lowest BCUT2D eigenvalue weighted by molar-refractivity contribution is -0.269. The monoisotopic (exact) mass is 612 g/mol. The van der Waals surface area contributed by atoms with Gasteiger partial charge in [0.25, 0.3) is 0 Å². The molecule has 222 valence electrons. The maximum Gasteiger partial charge on any atom is 0.318 e. The molecule has 4 aliphatic heterocycles. The van der Waals surface area contributed by atoms with E-state index in [-0.39, 0.29) is 16.3 Å². The van der Waals surface area contributed by atoms with Crippen molar-refractivity contribution in [2.45, 2.75) is 36.7 Å². The predicted molar refractivity (Wildman–Crippen MR) is 166 cm³/mol. The van der Waals surface area contributed by atoms with Gasteiger partial charge in [0.1, 0.15) is 5.82 Å². The van der Waals surface area contributed by atoms with E-state index in [1.54, 1.807) is 0 Å². The third-order valence-corrected chi connectivity index (χ3v) is 11.3. The number of nitrogens with zero attached hydrogens (tertiary/aromatic N) is 8. The topological polar surface area (TPSA) is 92.1 Å². The number of hydrogen-bond acceptors (Lipinski definition) is 9. The summed E-state index contributed by atoms with van der Waals surface area (Å²) in [6.45, 7) is 12.9. The number of rotatable bonds is 8. The van der Waals surface area contributed by atoms with Gasteiger partial charge in [0, 0.05) is 63.8 Å². The fraction of sp³-hybridized carbons (Fsp3) is 0.533. The van der Waals surface area contributed by atoms with E-state index in [2.05, 4.69) is 65.9 Å². The summed E-state index contributed by atoms with van der Waals surface area (Å²) in [7, 11) is 9.62. The van der Waals surface area contributed by atoms with Crippen molar-refractivity contribution in [3.63, 3.8) is 0 Å². The van der Waals surface area contributed by atoms with Crippen LogP contribution in [-0.4, -0.2) is 125 Å². The summed E-state index contributed by atoms with van der Waals surface area (Å²) in [5, 5.41) is 5.27. The second-order valence-corrected chi connectivity index (χ2v) is 13.6. The molecule has 43 heavy (non-hydrogen) atoms. The minimum absolute atomic E-state index is 0.0261. The van der Waals surface area contributed by atoms with Gasteiger partial charge in [0.15, 0.2) is 0 Å². The standard InChI is InChI=1S/C30H36N8O3Si2/c1-4-25(39)35-11-13-36(14-12-35)27-21-8-10-37(26-20(2)6-7-24-22(26)16-31-34(24)3)17-23(21)32-28(33-27)40-15-5-9-38-18-30(43)29(38,42)19-41-30/h4,6-7,16H,1,5,8-15,17-19H2,2-3H3/t29-,30-/m0/s1. The molecule has 0 aliphatic carbocycles. The minimum Gasteiger partial charge on any atom is -0.463 e. The first kappa shape index (κ1) is 28.5. The van der Waals surface area contributed by atoms with Gasteiger partial charge in [-0.2, -0.15) is 15.1 Å². The third-order valence-electron chi connectivity index (χ3n) is 9.46. The molecule has 1 aromatic carbocycles. The lowest BCUT2D eigenvalue weighted by atomic mass is 9.91. The Morgan fingerprint density at radius 3 is 2.67 bits per heavy atom. The third kappa shape index (κ3) is 4.68. The highest BCUT2D eigenvalue weighted by Crippen LogP contribution is 2.46. The van der Waals surface area contributed by atoms with Gasteiger partial charge < -0.3 is 24.2 Å². The van der Waals surface area contributed by atoms with Crippen LogP contribution in [0.15, 0.2) is 31.0 Å². The van der Waals surface area contributed by atoms with E-state index in [9.17, 15) is 4.79 Å². The molecule has 2 aromatic heterocycles. The second-order valence-electron chi connectivity index (χ2n) is 12.0. The second kappa shape index (κ2) is 10.7. The summed E-state index contributed by atoms with van der Waals surface area (Å²) >= 11 is 0. The molecular weight excluding hydrogens is 577 g/mol. The Hall–Kier alpha value is -3.27. The van der Waals surface area contributed by atoms with Gasteiger partial charge >= 0.3 is 6.01 Å². The highest BCUT2D eigenvalue weighted by molar-refractivity contribution is 6.29. The predicted octanol–water partition coefficient (Wildman–Crippen LogP) is 0.913. The van der Waals surface area contributed by atoms with Crippen molar-refractivity contribution in [3.8, 4) is 6.01 Å². The number of fused-ring (bicyclic) bond motifs is 3. The number of anilines is 2. The van der Waals surface area contributed by atoms with E-state index in [1.165, 1.54) is 22.9 Å². The molecule has 3 fully saturated rings. The summed E-state index contributed by atoms with van der Waals surface area (Å²) in [5.41, 5.74) is 5.70. The molecule has 1 amide bonds. The lowest BCUT2D eigenvalue weighted by Gasteiger charge is -2.71. The summed E-state index contributed by atoms with van der Waals surface area (Å²) in [5.74, 6) is 0.903. The van der Waals surface area contributed by atoms with Gasteiger partial charge in [-0.3, -0.25) is 14.4 Å². The fourth-order valence-corrected chi connectivity index (χ4v) is 7.73. The van der Waals surface area contributed by atoms with Crippen molar-refractivity contribution in [3.05, 3.63) is 47.8 Å². The zero-order valence-electron chi connectivity index (χ0n) is 24.8. The van der Waals surface area contributed by atoms with Crippen molar-refractivity contribution in [1.82, 2.24) is 29.5 Å². The van der Waals surface area contributed by atoms with Crippen molar-refractivity contribution in [1.29, 1.82) is 0 Å². The zero-order chi connectivity index (χ0) is 29.9. The number of carbonyl (C=O) groups is 1. The van der Waals surface area contributed by atoms with Crippen LogP contribution in [0.2, 0.25) is 0 Å². The van der Waals surface area contributed by atoms with Crippen LogP contribution < -0.4 is 14.5 Å². The van der Waals surface area contributed by atoms with Gasteiger partial charge in [-0.25, -0.2) is 0 Å². The van der Waals surface area contributed by atoms with E-state index in [1.807, 2.05) is 22.8 Å². The number of aromatic nitrogens is 4. The first-order valence-corrected chi connectivity index (χ1v) is 15.9. The number of carbonyl (C=O) groups excluding carboxylic acids is 1. The van der Waals surface area contributed by atoms with Gasteiger partial charge in [0.2, 0.25) is 5.91 Å². The van der Waals surface area contributed by atoms with Crippen LogP contribution in [0.25, 0.3) is 10.9 Å². The Bertz CT molecular complexity index is 1590. The molecular formula is C30H36N8O3Si2. The number of amides is 1. The van der Waals surface area contributed by atoms with Gasteiger partial charge in [-0.05, 0) is 37.5 Å². The number of hydrogen-bond donors (Lipinski definition) is 0. The molecule has 11 nitrogen and oxygen atoms in total. The number of ether oxygens (including phenoxy) is 2. The zero-order valence-corrected chi connectivity index (χ0v) is 26.8. The fourth-order valence-electron chi connectivity index (χ4n) is 6.82. The van der Waals surface area contributed by atoms with Crippen LogP contribution in [-0.2, 0) is 29.5 Å². The van der Waals surface area contributed by atoms with Crippen molar-refractivity contribution in [2.75, 3.05) is 68.8 Å². The molecule has 6 radical (unpaired) electrons. The maximum atomic E-state index is 12.2. The quantitative estimate of drug-likeness (QED) is 0.209. The van der Waals surface area contributed by atoms with E-state index in [0.717, 1.165) is 54.9 Å². The van der Waals surface area contributed by atoms with Gasteiger partial charge in [-0.15, -0.1) is 0 Å². The minimum atomic E-state index is -0.272. The number of benzene rings is 1. The molecule has 2 atom stereocenters. The largest absolute Gasteiger partial charge is 0.463 e. The van der Waals surface area contributed by atoms with E-state index in [4.69, 9.17) is 19.4 Å². The average molecular weight is 613 g/mol. The molecule has 0 bridgehead atoms. The molecule has 3 saturated heterocycles. The first-order valence-electron chi connectivity index (χ1n) is 14.9. The van der Waals surface area contributed by atoms with Crippen LogP contribution in [0, 0.1) is 6.92 Å². The van der Waals surface area contributed by atoms with Crippen LogP contribution >= 0.6 is 0 Å². The van der Waals surface area contributed by atoms with Crippen molar-refractivity contribution >= 4 is 48.8 Å². The van der Waals surface area contributed by atoms with Crippen molar-refractivity contribution < 1.29 is 14.3 Å². The Morgan fingerprint density at radius 2 is 1.98 bits per heavy atom. The molecule has 0 spiro atoms. The highest BCUT2D eigenvalue weighted by Gasteiger charge is 2.66. The molecule has 4 aliphatic rings. The van der Waals surface area contributed by atoms with Crippen LogP contribution in [0.4, 0.5) is 11.5 Å². The van der Waals surface area contributed by atoms with Crippen LogP contribution in [0.5, 0.6) is 6.01 Å². The number of aryl methyl sites for hydroxylation is 2. The number of piperazine rings is 1. The maximum absolute atomic E-state index is 12.2. The van der Waals surface area contributed by atoms with E-state index < -0.39 is 0 Å². The smallest absolute Gasteiger partial charge is 0.318 e. The average Bonchev–Trinajstić information content (AvgIpc) is 3.40. The number of likely N-dealkylation sites (tertiary alicyclic amines) is 1.